The first-order valence-corrected chi connectivity index (χ1v) is 19.5. The molecule has 0 spiro atoms. The van der Waals surface area contributed by atoms with E-state index in [1.54, 1.807) is 0 Å². The molecular weight excluding hydrogens is 579 g/mol. The summed E-state index contributed by atoms with van der Waals surface area (Å²) in [6.07, 6.45) is 21.3. The minimum absolute atomic E-state index is 0.960. The third-order valence-electron chi connectivity index (χ3n) is 8.65. The Bertz CT molecular complexity index is 1160. The van der Waals surface area contributed by atoms with Gasteiger partial charge in [-0.05, 0) is 80.8 Å². The third-order valence-corrected chi connectivity index (χ3v) is 9.64. The molecule has 1 aliphatic rings. The van der Waals surface area contributed by atoms with Crippen LogP contribution in [0.25, 0.3) is 16.9 Å². The van der Waals surface area contributed by atoms with Crippen molar-refractivity contribution in [2.45, 2.75) is 161 Å². The van der Waals surface area contributed by atoms with Gasteiger partial charge >= 0.3 is 39.1 Å². The Morgan fingerprint density at radius 3 is 1.45 bits per heavy atom. The number of aryl methyl sites for hydroxylation is 2. The summed E-state index contributed by atoms with van der Waals surface area (Å²) < 4.78 is 1.51. The van der Waals surface area contributed by atoms with Gasteiger partial charge in [-0.2, -0.15) is 0 Å². The van der Waals surface area contributed by atoms with Crippen molar-refractivity contribution in [1.82, 2.24) is 0 Å². The van der Waals surface area contributed by atoms with Crippen LogP contribution in [0.1, 0.15) is 160 Å². The van der Waals surface area contributed by atoms with Crippen molar-refractivity contribution in [3.05, 3.63) is 87.5 Å². The van der Waals surface area contributed by atoms with Crippen molar-refractivity contribution < 1.29 is 19.1 Å². The summed E-state index contributed by atoms with van der Waals surface area (Å²) in [5.41, 5.74) is 21.2. The van der Waals surface area contributed by atoms with Crippen LogP contribution in [0.15, 0.2) is 59.7 Å². The Balaban J connectivity index is 0.00000125. The standard InChI is InChI=1S/C37H54N2.2C2H5.Ni/c1-5-8-11-13-15-17-21-31-23-19-25-33(28-31)36-30(4)35(27-10-7-3)37(39(36)38)34-26-20-24-32(29-34)22-18-16-14-12-9-6-2;2*1-2;/h19-20,23-26,28-29H,5-18,21-22,27H2,1-4H3;2*1H2,2H3;. The Morgan fingerprint density at radius 2 is 1.00 bits per heavy atom. The zero-order valence-electron chi connectivity index (χ0n) is 29.3. The van der Waals surface area contributed by atoms with Crippen LogP contribution in [0, 0.1) is 0 Å². The topological polar surface area (TPSA) is 25.3 Å². The van der Waals surface area contributed by atoms with E-state index in [2.05, 4.69) is 90.1 Å². The number of benzene rings is 2. The van der Waals surface area contributed by atoms with Gasteiger partial charge < -0.3 is 5.53 Å². The molecule has 1 heterocycles. The maximum absolute atomic E-state index is 11.7. The molecule has 3 rings (SSSR count). The molecule has 0 saturated carbocycles. The van der Waals surface area contributed by atoms with Crippen LogP contribution in [0.3, 0.4) is 0 Å². The number of hydrogen-bond donors (Lipinski definition) is 0. The van der Waals surface area contributed by atoms with Crippen LogP contribution >= 0.6 is 0 Å². The molecular formula is C41H64N2Ni. The summed E-state index contributed by atoms with van der Waals surface area (Å²) in [5, 5.41) is 2.56. The SMILES string of the molecule is CCCCCCCCc1cccc(C2=C(C)C(CCCC)=C(c3cccc(CCCCCCCC)c3)[N+]2=[N-])c1.C[CH2][Ni][CH2]C. The quantitative estimate of drug-likeness (QED) is 0.0735. The predicted octanol–water partition coefficient (Wildman–Crippen LogP) is 13.8. The molecule has 0 saturated heterocycles. The van der Waals surface area contributed by atoms with Crippen LogP contribution in [-0.2, 0) is 27.3 Å². The third kappa shape index (κ3) is 13.2. The summed E-state index contributed by atoms with van der Waals surface area (Å²) in [4.78, 5) is 0. The molecule has 44 heavy (non-hydrogen) atoms. The Kier molecular flexibility index (Phi) is 20.3. The molecule has 248 valence electrons. The Morgan fingerprint density at radius 1 is 0.545 bits per heavy atom. The molecule has 0 amide bonds. The number of allylic oxidation sites excluding steroid dienone is 2. The predicted molar refractivity (Wildman–Crippen MR) is 191 cm³/mol. The molecule has 0 aliphatic carbocycles. The van der Waals surface area contributed by atoms with Crippen LogP contribution in [-0.4, -0.2) is 4.70 Å². The molecule has 0 fully saturated rings. The van der Waals surface area contributed by atoms with E-state index in [-0.39, 0.29) is 0 Å². The minimum atomic E-state index is 0.960. The summed E-state index contributed by atoms with van der Waals surface area (Å²) in [6, 6.07) is 17.8. The van der Waals surface area contributed by atoms with E-state index in [0.717, 1.165) is 54.6 Å². The van der Waals surface area contributed by atoms with Gasteiger partial charge in [0.1, 0.15) is 0 Å². The maximum atomic E-state index is 11.7. The van der Waals surface area contributed by atoms with Crippen LogP contribution < -0.4 is 0 Å². The van der Waals surface area contributed by atoms with E-state index >= 15 is 0 Å². The van der Waals surface area contributed by atoms with Crippen molar-refractivity contribution in [3.8, 4) is 0 Å². The van der Waals surface area contributed by atoms with E-state index in [0.29, 0.717) is 0 Å². The van der Waals surface area contributed by atoms with E-state index in [9.17, 15) is 5.53 Å². The monoisotopic (exact) mass is 642 g/mol. The second kappa shape index (κ2) is 23.4. The fourth-order valence-electron chi connectivity index (χ4n) is 6.14. The van der Waals surface area contributed by atoms with Crippen molar-refractivity contribution in [2.75, 3.05) is 0 Å². The van der Waals surface area contributed by atoms with Gasteiger partial charge in [0.15, 0.2) is 0 Å². The van der Waals surface area contributed by atoms with Gasteiger partial charge in [-0.25, -0.2) is 4.70 Å². The van der Waals surface area contributed by atoms with Crippen LogP contribution in [0.5, 0.6) is 0 Å². The normalized spacial score (nSPS) is 13.2. The molecule has 2 nitrogen and oxygen atoms in total. The molecule has 1 aliphatic heterocycles. The number of hydrogen-bond acceptors (Lipinski definition) is 0. The molecule has 0 atom stereocenters. The average Bonchev–Trinajstić information content (AvgIpc) is 3.29. The van der Waals surface area contributed by atoms with Crippen LogP contribution in [0.2, 0.25) is 10.8 Å². The molecule has 0 bridgehead atoms. The second-order valence-electron chi connectivity index (χ2n) is 12.3. The first-order valence-electron chi connectivity index (χ1n) is 18.1. The van der Waals surface area contributed by atoms with Crippen molar-refractivity contribution in [1.29, 1.82) is 0 Å². The summed E-state index contributed by atoms with van der Waals surface area (Å²) in [5.74, 6) is 0. The fraction of sp³-hybridized carbons (Fsp3) is 0.610. The number of nitrogens with zero attached hydrogens (tertiary/aromatic N) is 2. The van der Waals surface area contributed by atoms with Gasteiger partial charge in [0.25, 0.3) is 0 Å². The zero-order chi connectivity index (χ0) is 32.0. The first-order chi connectivity index (χ1) is 21.5. The van der Waals surface area contributed by atoms with E-state index in [1.807, 2.05) is 14.4 Å². The molecule has 0 unspecified atom stereocenters. The second-order valence-corrected chi connectivity index (χ2v) is 14.1. The fourth-order valence-corrected chi connectivity index (χ4v) is 6.63. The summed E-state index contributed by atoms with van der Waals surface area (Å²) in [7, 11) is 0. The molecule has 3 heteroatoms. The van der Waals surface area contributed by atoms with Gasteiger partial charge in [0, 0.05) is 22.3 Å². The summed E-state index contributed by atoms with van der Waals surface area (Å²) in [6.45, 7) is 13.4. The average molecular weight is 644 g/mol. The molecule has 0 N–H and O–H groups in total. The van der Waals surface area contributed by atoms with Gasteiger partial charge in [0.2, 0.25) is 11.4 Å². The number of rotatable bonds is 21. The van der Waals surface area contributed by atoms with Crippen LogP contribution in [0.4, 0.5) is 0 Å². The van der Waals surface area contributed by atoms with E-state index in [1.165, 1.54) is 115 Å². The van der Waals surface area contributed by atoms with Gasteiger partial charge in [0.05, 0.1) is 0 Å². The van der Waals surface area contributed by atoms with Crippen molar-refractivity contribution >= 4 is 11.4 Å². The molecule has 0 radical (unpaired) electrons. The number of unbranched alkanes of at least 4 members (excludes halogenated alkanes) is 11. The molecule has 2 aromatic carbocycles. The van der Waals surface area contributed by atoms with E-state index in [4.69, 9.17) is 0 Å². The van der Waals surface area contributed by atoms with Crippen molar-refractivity contribution in [2.24, 2.45) is 0 Å². The Labute approximate surface area is 278 Å². The summed E-state index contributed by atoms with van der Waals surface area (Å²) >= 11 is 1.82. The molecule has 0 aromatic heterocycles. The zero-order valence-corrected chi connectivity index (χ0v) is 30.3. The Hall–Kier alpha value is -1.99. The van der Waals surface area contributed by atoms with E-state index < -0.39 is 0 Å². The van der Waals surface area contributed by atoms with Gasteiger partial charge in [-0.3, -0.25) is 0 Å². The van der Waals surface area contributed by atoms with Gasteiger partial charge in [-0.15, -0.1) is 0 Å². The first kappa shape index (κ1) is 38.2. The molecule has 2 aromatic rings. The van der Waals surface area contributed by atoms with Gasteiger partial charge in [-0.1, -0.05) is 116 Å². The van der Waals surface area contributed by atoms with Crippen molar-refractivity contribution in [3.63, 3.8) is 0 Å².